The Morgan fingerprint density at radius 2 is 2.22 bits per heavy atom. The normalized spacial score (nSPS) is 14.9. The van der Waals surface area contributed by atoms with Gasteiger partial charge in [-0.2, -0.15) is 0 Å². The number of aromatic carboxylic acids is 1. The van der Waals surface area contributed by atoms with Crippen LogP contribution in [0.4, 0.5) is 0 Å². The van der Waals surface area contributed by atoms with E-state index in [1.54, 1.807) is 13.2 Å². The van der Waals surface area contributed by atoms with Crippen molar-refractivity contribution in [3.05, 3.63) is 30.0 Å². The quantitative estimate of drug-likeness (QED) is 0.901. The van der Waals surface area contributed by atoms with Crippen LogP contribution in [0.5, 0.6) is 5.75 Å². The van der Waals surface area contributed by atoms with Gasteiger partial charge in [-0.25, -0.2) is 4.79 Å². The number of rotatable bonds is 4. The van der Waals surface area contributed by atoms with E-state index in [1.807, 2.05) is 22.8 Å². The van der Waals surface area contributed by atoms with E-state index in [1.165, 1.54) is 12.8 Å². The van der Waals surface area contributed by atoms with Crippen molar-refractivity contribution in [1.82, 2.24) is 4.57 Å². The second-order valence-corrected chi connectivity index (χ2v) is 4.81. The zero-order valence-electron chi connectivity index (χ0n) is 10.2. The maximum atomic E-state index is 11.3. The summed E-state index contributed by atoms with van der Waals surface area (Å²) in [5, 5.41) is 10.2. The molecular weight excluding hydrogens is 230 g/mol. The third-order valence-electron chi connectivity index (χ3n) is 3.47. The lowest BCUT2D eigenvalue weighted by Gasteiger charge is -2.07. The molecule has 1 heterocycles. The van der Waals surface area contributed by atoms with Crippen LogP contribution in [0, 0.1) is 5.92 Å². The first kappa shape index (κ1) is 11.1. The van der Waals surface area contributed by atoms with Gasteiger partial charge in [-0.05, 0) is 43.0 Å². The van der Waals surface area contributed by atoms with Crippen molar-refractivity contribution < 1.29 is 14.6 Å². The standard InChI is InChI=1S/C14H15NO3/c1-18-11-4-5-12-10(6-11)7-13(14(16)17)15(12)8-9-2-3-9/h4-7,9H,2-3,8H2,1H3,(H,16,17). The Balaban J connectivity index is 2.15. The molecule has 1 saturated carbocycles. The number of carboxylic acid groups (broad SMARTS) is 1. The van der Waals surface area contributed by atoms with Gasteiger partial charge in [0.05, 0.1) is 7.11 Å². The summed E-state index contributed by atoms with van der Waals surface area (Å²) < 4.78 is 7.08. The van der Waals surface area contributed by atoms with Crippen molar-refractivity contribution in [2.45, 2.75) is 19.4 Å². The van der Waals surface area contributed by atoms with Gasteiger partial charge in [0.25, 0.3) is 0 Å². The lowest BCUT2D eigenvalue weighted by Crippen LogP contribution is -2.09. The van der Waals surface area contributed by atoms with Crippen molar-refractivity contribution in [2.24, 2.45) is 5.92 Å². The lowest BCUT2D eigenvalue weighted by atomic mass is 10.2. The summed E-state index contributed by atoms with van der Waals surface area (Å²) in [6, 6.07) is 7.41. The molecule has 18 heavy (non-hydrogen) atoms. The minimum absolute atomic E-state index is 0.366. The van der Waals surface area contributed by atoms with Gasteiger partial charge in [0, 0.05) is 17.4 Å². The molecule has 0 saturated heterocycles. The van der Waals surface area contributed by atoms with E-state index in [-0.39, 0.29) is 0 Å². The maximum absolute atomic E-state index is 11.3. The molecule has 0 radical (unpaired) electrons. The van der Waals surface area contributed by atoms with Crippen molar-refractivity contribution >= 4 is 16.9 Å². The molecule has 1 aliphatic carbocycles. The lowest BCUT2D eigenvalue weighted by molar-refractivity contribution is 0.0685. The predicted octanol–water partition coefficient (Wildman–Crippen LogP) is 2.76. The fraction of sp³-hybridized carbons (Fsp3) is 0.357. The molecule has 0 spiro atoms. The van der Waals surface area contributed by atoms with Crippen LogP contribution in [0.2, 0.25) is 0 Å². The molecule has 1 aromatic carbocycles. The SMILES string of the molecule is COc1ccc2c(c1)cc(C(=O)O)n2CC1CC1. The van der Waals surface area contributed by atoms with Crippen LogP contribution in [0.25, 0.3) is 10.9 Å². The summed E-state index contributed by atoms with van der Waals surface area (Å²) >= 11 is 0. The molecule has 0 bridgehead atoms. The molecule has 1 fully saturated rings. The first-order chi connectivity index (χ1) is 8.69. The highest BCUT2D eigenvalue weighted by Crippen LogP contribution is 2.33. The predicted molar refractivity (Wildman–Crippen MR) is 68.2 cm³/mol. The van der Waals surface area contributed by atoms with Crippen LogP contribution in [0.1, 0.15) is 23.3 Å². The molecular formula is C14H15NO3. The molecule has 0 unspecified atom stereocenters. The molecule has 3 rings (SSSR count). The minimum atomic E-state index is -0.870. The number of aromatic nitrogens is 1. The smallest absolute Gasteiger partial charge is 0.352 e. The Morgan fingerprint density at radius 3 is 2.83 bits per heavy atom. The number of benzene rings is 1. The molecule has 1 N–H and O–H groups in total. The maximum Gasteiger partial charge on any atom is 0.352 e. The number of fused-ring (bicyclic) bond motifs is 1. The summed E-state index contributed by atoms with van der Waals surface area (Å²) in [5.41, 5.74) is 1.34. The van der Waals surface area contributed by atoms with Gasteiger partial charge in [0.15, 0.2) is 0 Å². The zero-order chi connectivity index (χ0) is 12.7. The zero-order valence-corrected chi connectivity index (χ0v) is 10.2. The van der Waals surface area contributed by atoms with Crippen LogP contribution in [-0.4, -0.2) is 22.8 Å². The van der Waals surface area contributed by atoms with Crippen molar-refractivity contribution in [2.75, 3.05) is 7.11 Å². The summed E-state index contributed by atoms with van der Waals surface area (Å²) in [7, 11) is 1.61. The molecule has 1 aromatic heterocycles. The third kappa shape index (κ3) is 1.83. The molecule has 1 aliphatic rings. The fourth-order valence-corrected chi connectivity index (χ4v) is 2.31. The highest BCUT2D eigenvalue weighted by molar-refractivity contribution is 5.95. The third-order valence-corrected chi connectivity index (χ3v) is 3.47. The van der Waals surface area contributed by atoms with E-state index in [0.717, 1.165) is 23.2 Å². The number of nitrogens with zero attached hydrogens (tertiary/aromatic N) is 1. The molecule has 2 aromatic rings. The van der Waals surface area contributed by atoms with E-state index >= 15 is 0 Å². The van der Waals surface area contributed by atoms with Gasteiger partial charge in [-0.15, -0.1) is 0 Å². The highest BCUT2D eigenvalue weighted by Gasteiger charge is 2.25. The topological polar surface area (TPSA) is 51.5 Å². The Hall–Kier alpha value is -1.97. The number of hydrogen-bond donors (Lipinski definition) is 1. The Kier molecular flexibility index (Phi) is 2.51. The largest absolute Gasteiger partial charge is 0.497 e. The van der Waals surface area contributed by atoms with Crippen LogP contribution in [0.15, 0.2) is 24.3 Å². The summed E-state index contributed by atoms with van der Waals surface area (Å²) in [6.07, 6.45) is 2.41. The Labute approximate surface area is 105 Å². The molecule has 4 heteroatoms. The molecule has 0 aliphatic heterocycles. The minimum Gasteiger partial charge on any atom is -0.497 e. The number of methoxy groups -OCH3 is 1. The first-order valence-corrected chi connectivity index (χ1v) is 6.09. The van der Waals surface area contributed by atoms with E-state index in [4.69, 9.17) is 4.74 Å². The second-order valence-electron chi connectivity index (χ2n) is 4.81. The Bertz CT molecular complexity index is 611. The number of ether oxygens (including phenoxy) is 1. The second kappa shape index (κ2) is 4.05. The van der Waals surface area contributed by atoms with Crippen molar-refractivity contribution in [1.29, 1.82) is 0 Å². The van der Waals surface area contributed by atoms with Crippen LogP contribution < -0.4 is 4.74 Å². The Morgan fingerprint density at radius 1 is 1.44 bits per heavy atom. The molecule has 0 atom stereocenters. The van der Waals surface area contributed by atoms with Crippen LogP contribution in [0.3, 0.4) is 0 Å². The number of carbonyl (C=O) groups is 1. The highest BCUT2D eigenvalue weighted by atomic mass is 16.5. The van der Waals surface area contributed by atoms with E-state index in [9.17, 15) is 9.90 Å². The van der Waals surface area contributed by atoms with Gasteiger partial charge in [0.2, 0.25) is 0 Å². The van der Waals surface area contributed by atoms with E-state index in [2.05, 4.69) is 0 Å². The molecule has 94 valence electrons. The number of carboxylic acids is 1. The van der Waals surface area contributed by atoms with Gasteiger partial charge in [-0.3, -0.25) is 0 Å². The average molecular weight is 245 g/mol. The molecule has 4 nitrogen and oxygen atoms in total. The average Bonchev–Trinajstić information content (AvgIpc) is 3.10. The van der Waals surface area contributed by atoms with Crippen molar-refractivity contribution in [3.63, 3.8) is 0 Å². The fourth-order valence-electron chi connectivity index (χ4n) is 2.31. The van der Waals surface area contributed by atoms with E-state index in [0.29, 0.717) is 11.6 Å². The van der Waals surface area contributed by atoms with Gasteiger partial charge in [0.1, 0.15) is 11.4 Å². The number of hydrogen-bond acceptors (Lipinski definition) is 2. The summed E-state index contributed by atoms with van der Waals surface area (Å²) in [4.78, 5) is 11.3. The van der Waals surface area contributed by atoms with Gasteiger partial charge < -0.3 is 14.4 Å². The monoisotopic (exact) mass is 245 g/mol. The van der Waals surface area contributed by atoms with Crippen molar-refractivity contribution in [3.8, 4) is 5.75 Å². The van der Waals surface area contributed by atoms with Crippen LogP contribution >= 0.6 is 0 Å². The summed E-state index contributed by atoms with van der Waals surface area (Å²) in [5.74, 6) is 0.523. The van der Waals surface area contributed by atoms with E-state index < -0.39 is 5.97 Å². The molecule has 0 amide bonds. The van der Waals surface area contributed by atoms with Gasteiger partial charge >= 0.3 is 5.97 Å². The van der Waals surface area contributed by atoms with Gasteiger partial charge in [-0.1, -0.05) is 0 Å². The van der Waals surface area contributed by atoms with Crippen LogP contribution in [-0.2, 0) is 6.54 Å². The summed E-state index contributed by atoms with van der Waals surface area (Å²) in [6.45, 7) is 0.803. The first-order valence-electron chi connectivity index (χ1n) is 6.09.